The molecule has 0 fully saturated rings. The highest BCUT2D eigenvalue weighted by molar-refractivity contribution is 6.38. The molecular weight excluding hydrogens is 340 g/mol. The zero-order valence-corrected chi connectivity index (χ0v) is 14.2. The Morgan fingerprint density at radius 3 is 2.88 bits per heavy atom. The summed E-state index contributed by atoms with van der Waals surface area (Å²) in [6.45, 7) is 2.16. The van der Waals surface area contributed by atoms with E-state index in [-0.39, 0.29) is 11.8 Å². The first kappa shape index (κ1) is 15.7. The van der Waals surface area contributed by atoms with Crippen molar-refractivity contribution in [3.05, 3.63) is 58.1 Å². The summed E-state index contributed by atoms with van der Waals surface area (Å²) in [7, 11) is 0. The summed E-state index contributed by atoms with van der Waals surface area (Å²) in [5.74, 6) is 0.293. The zero-order chi connectivity index (χ0) is 17.6. The second-order valence-corrected chi connectivity index (χ2v) is 6.35. The quantitative estimate of drug-likeness (QED) is 0.800. The van der Waals surface area contributed by atoms with Crippen LogP contribution in [0.25, 0.3) is 11.3 Å². The molecule has 2 heterocycles. The molecule has 2 aliphatic rings. The van der Waals surface area contributed by atoms with E-state index in [0.29, 0.717) is 29.4 Å². The molecule has 2 amide bonds. The number of rotatable bonds is 2. The average Bonchev–Trinajstić information content (AvgIpc) is 3.14. The summed E-state index contributed by atoms with van der Waals surface area (Å²) in [6.07, 6.45) is 0.417. The summed E-state index contributed by atoms with van der Waals surface area (Å²) in [6, 6.07) is 10.8. The highest BCUT2D eigenvalue weighted by Gasteiger charge is 2.32. The summed E-state index contributed by atoms with van der Waals surface area (Å²) in [4.78, 5) is 24.0. The van der Waals surface area contributed by atoms with Crippen molar-refractivity contribution in [2.75, 3.05) is 10.6 Å². The van der Waals surface area contributed by atoms with Crippen molar-refractivity contribution in [3.8, 4) is 0 Å². The molecule has 0 saturated carbocycles. The number of ether oxygens (including phenoxy) is 1. The van der Waals surface area contributed by atoms with Gasteiger partial charge in [-0.25, -0.2) is 0 Å². The van der Waals surface area contributed by atoms with Crippen molar-refractivity contribution >= 4 is 46.1 Å². The van der Waals surface area contributed by atoms with E-state index < -0.39 is 0 Å². The van der Waals surface area contributed by atoms with Gasteiger partial charge in [0.1, 0.15) is 12.4 Å². The van der Waals surface area contributed by atoms with Gasteiger partial charge in [-0.1, -0.05) is 18.5 Å². The van der Waals surface area contributed by atoms with Crippen molar-refractivity contribution in [2.45, 2.75) is 20.0 Å². The monoisotopic (exact) mass is 354 g/mol. The van der Waals surface area contributed by atoms with Crippen LogP contribution in [-0.2, 0) is 20.9 Å². The van der Waals surface area contributed by atoms with Gasteiger partial charge in [0.2, 0.25) is 5.91 Å². The molecule has 4 rings (SSSR count). The van der Waals surface area contributed by atoms with E-state index in [9.17, 15) is 9.59 Å². The van der Waals surface area contributed by atoms with Gasteiger partial charge in [-0.2, -0.15) is 0 Å². The lowest BCUT2D eigenvalue weighted by Gasteiger charge is -2.07. The van der Waals surface area contributed by atoms with E-state index in [1.165, 1.54) is 0 Å². The second kappa shape index (κ2) is 5.93. The van der Waals surface area contributed by atoms with E-state index >= 15 is 0 Å². The molecule has 0 atom stereocenters. The van der Waals surface area contributed by atoms with Gasteiger partial charge in [0.25, 0.3) is 5.91 Å². The van der Waals surface area contributed by atoms with Gasteiger partial charge < -0.3 is 15.4 Å². The summed E-state index contributed by atoms with van der Waals surface area (Å²) >= 11 is 6.08. The first-order valence-electron chi connectivity index (χ1n) is 7.98. The van der Waals surface area contributed by atoms with Gasteiger partial charge in [0.05, 0.1) is 5.57 Å². The number of nitrogens with one attached hydrogen (secondary N) is 2. The molecule has 0 aromatic heterocycles. The molecule has 2 aliphatic heterocycles. The Morgan fingerprint density at radius 2 is 2.08 bits per heavy atom. The van der Waals surface area contributed by atoms with Crippen molar-refractivity contribution in [1.82, 2.24) is 0 Å². The standard InChI is InChI=1S/C19H15ClN2O3/c1-2-16(23)21-12-4-5-13-10(7-12)9-25-18(13)17-14-8-11(20)3-6-15(14)22-19(17)24/h3-8H,2,9H2,1H3,(H,21,23)(H,22,24)/b18-17+. The third kappa shape index (κ3) is 2.66. The van der Waals surface area contributed by atoms with E-state index in [1.807, 2.05) is 18.2 Å². The maximum Gasteiger partial charge on any atom is 0.260 e. The Kier molecular flexibility index (Phi) is 3.73. The van der Waals surface area contributed by atoms with Crippen molar-refractivity contribution in [1.29, 1.82) is 0 Å². The molecule has 0 unspecified atom stereocenters. The number of amides is 2. The minimum atomic E-state index is -0.205. The van der Waals surface area contributed by atoms with E-state index in [0.717, 1.165) is 28.1 Å². The fourth-order valence-electron chi connectivity index (χ4n) is 3.06. The molecule has 25 heavy (non-hydrogen) atoms. The average molecular weight is 355 g/mol. The summed E-state index contributed by atoms with van der Waals surface area (Å²) < 4.78 is 5.82. The van der Waals surface area contributed by atoms with Gasteiger partial charge >= 0.3 is 0 Å². The lowest BCUT2D eigenvalue weighted by Crippen LogP contribution is -2.09. The Morgan fingerprint density at radius 1 is 1.24 bits per heavy atom. The molecule has 0 bridgehead atoms. The van der Waals surface area contributed by atoms with Crippen LogP contribution in [0.5, 0.6) is 0 Å². The Bertz CT molecular complexity index is 950. The van der Waals surface area contributed by atoms with Crippen molar-refractivity contribution in [2.24, 2.45) is 0 Å². The van der Waals surface area contributed by atoms with E-state index in [4.69, 9.17) is 16.3 Å². The van der Waals surface area contributed by atoms with Gasteiger partial charge in [0.15, 0.2) is 0 Å². The van der Waals surface area contributed by atoms with Crippen molar-refractivity contribution < 1.29 is 14.3 Å². The lowest BCUT2D eigenvalue weighted by atomic mass is 10.00. The summed E-state index contributed by atoms with van der Waals surface area (Å²) in [5, 5.41) is 6.22. The molecule has 2 N–H and O–H groups in total. The predicted octanol–water partition coefficient (Wildman–Crippen LogP) is 4.04. The highest BCUT2D eigenvalue weighted by Crippen LogP contribution is 2.42. The van der Waals surface area contributed by atoms with Crippen LogP contribution in [0.3, 0.4) is 0 Å². The molecule has 0 aliphatic carbocycles. The van der Waals surface area contributed by atoms with Gasteiger partial charge in [0, 0.05) is 39.5 Å². The van der Waals surface area contributed by atoms with Crippen LogP contribution in [0.1, 0.15) is 30.0 Å². The maximum absolute atomic E-state index is 12.4. The van der Waals surface area contributed by atoms with Crippen LogP contribution in [0, 0.1) is 0 Å². The topological polar surface area (TPSA) is 67.4 Å². The highest BCUT2D eigenvalue weighted by atomic mass is 35.5. The van der Waals surface area contributed by atoms with Crippen LogP contribution in [0.4, 0.5) is 11.4 Å². The summed E-state index contributed by atoms with van der Waals surface area (Å²) in [5.41, 5.74) is 4.46. The fraction of sp³-hybridized carbons (Fsp3) is 0.158. The smallest absolute Gasteiger partial charge is 0.260 e. The van der Waals surface area contributed by atoms with Crippen LogP contribution >= 0.6 is 11.6 Å². The number of carbonyl (C=O) groups excluding carboxylic acids is 2. The van der Waals surface area contributed by atoms with Crippen LogP contribution in [0.15, 0.2) is 36.4 Å². The molecule has 5 nitrogen and oxygen atoms in total. The SMILES string of the molecule is CCC(=O)Nc1ccc2c(c1)CO/C2=C1/C(=O)Nc2ccc(Cl)cc21. The van der Waals surface area contributed by atoms with Crippen LogP contribution in [-0.4, -0.2) is 11.8 Å². The minimum absolute atomic E-state index is 0.0452. The Balaban J connectivity index is 1.78. The third-order valence-electron chi connectivity index (χ3n) is 4.28. The normalized spacial score (nSPS) is 17.6. The number of carbonyl (C=O) groups is 2. The number of benzene rings is 2. The lowest BCUT2D eigenvalue weighted by molar-refractivity contribution is -0.116. The molecule has 0 radical (unpaired) electrons. The number of halogens is 1. The third-order valence-corrected chi connectivity index (χ3v) is 4.52. The molecule has 2 aromatic carbocycles. The Labute approximate surface area is 149 Å². The first-order valence-corrected chi connectivity index (χ1v) is 8.36. The number of anilines is 2. The molecule has 6 heteroatoms. The molecule has 0 spiro atoms. The van der Waals surface area contributed by atoms with Crippen LogP contribution < -0.4 is 10.6 Å². The maximum atomic E-state index is 12.4. The van der Waals surface area contributed by atoms with Gasteiger partial charge in [-0.3, -0.25) is 9.59 Å². The number of hydrogen-bond donors (Lipinski definition) is 2. The van der Waals surface area contributed by atoms with E-state index in [1.54, 1.807) is 25.1 Å². The van der Waals surface area contributed by atoms with Crippen LogP contribution in [0.2, 0.25) is 5.02 Å². The molecule has 126 valence electrons. The molecule has 2 aromatic rings. The van der Waals surface area contributed by atoms with Crippen molar-refractivity contribution in [3.63, 3.8) is 0 Å². The van der Waals surface area contributed by atoms with Gasteiger partial charge in [-0.15, -0.1) is 0 Å². The predicted molar refractivity (Wildman–Crippen MR) is 97.0 cm³/mol. The number of fused-ring (bicyclic) bond motifs is 2. The van der Waals surface area contributed by atoms with E-state index in [2.05, 4.69) is 10.6 Å². The number of hydrogen-bond acceptors (Lipinski definition) is 3. The first-order chi connectivity index (χ1) is 12.1. The molecule has 0 saturated heterocycles. The fourth-order valence-corrected chi connectivity index (χ4v) is 3.23. The molecular formula is C19H15ClN2O3. The zero-order valence-electron chi connectivity index (χ0n) is 13.5. The minimum Gasteiger partial charge on any atom is -0.487 e. The Hall–Kier alpha value is -2.79. The second-order valence-electron chi connectivity index (χ2n) is 5.91. The van der Waals surface area contributed by atoms with Gasteiger partial charge in [-0.05, 0) is 36.4 Å². The largest absolute Gasteiger partial charge is 0.487 e.